The minimum atomic E-state index is 0.126. The lowest BCUT2D eigenvalue weighted by Gasteiger charge is -2.35. The summed E-state index contributed by atoms with van der Waals surface area (Å²) in [5.74, 6) is 2.08. The van der Waals surface area contributed by atoms with Gasteiger partial charge in [-0.3, -0.25) is 4.79 Å². The van der Waals surface area contributed by atoms with Crippen LogP contribution in [0.4, 0.5) is 11.8 Å². The van der Waals surface area contributed by atoms with Crippen LogP contribution >= 0.6 is 0 Å². The van der Waals surface area contributed by atoms with Gasteiger partial charge in [0.1, 0.15) is 5.82 Å². The Hall–Kier alpha value is -1.89. The second-order valence-corrected chi connectivity index (χ2v) is 6.31. The number of aromatic nitrogens is 2. The van der Waals surface area contributed by atoms with E-state index < -0.39 is 0 Å². The zero-order valence-electron chi connectivity index (χ0n) is 13.9. The van der Waals surface area contributed by atoms with Crippen molar-refractivity contribution in [1.29, 1.82) is 0 Å². The molecule has 0 bridgehead atoms. The van der Waals surface area contributed by atoms with Gasteiger partial charge in [-0.05, 0) is 18.9 Å². The molecule has 0 radical (unpaired) electrons. The van der Waals surface area contributed by atoms with Crippen LogP contribution in [0.25, 0.3) is 0 Å². The van der Waals surface area contributed by atoms with E-state index in [1.165, 1.54) is 0 Å². The summed E-state index contributed by atoms with van der Waals surface area (Å²) in [6.07, 6.45) is 3.53. The summed E-state index contributed by atoms with van der Waals surface area (Å²) in [4.78, 5) is 27.6. The van der Waals surface area contributed by atoms with Crippen molar-refractivity contribution in [1.82, 2.24) is 14.9 Å². The standard InChI is InChI=1S/C16H25N5O2/c1-19(2)14-3-6-17-16(18-14)21-7-4-13(5-8-21)15(22)20-9-11-23-12-10-20/h3,6,13H,4-5,7-12H2,1-2H3. The second kappa shape index (κ2) is 7.12. The lowest BCUT2D eigenvalue weighted by Crippen LogP contribution is -2.47. The average Bonchev–Trinajstić information content (AvgIpc) is 2.62. The summed E-state index contributed by atoms with van der Waals surface area (Å²) >= 11 is 0. The first-order chi connectivity index (χ1) is 11.1. The highest BCUT2D eigenvalue weighted by Crippen LogP contribution is 2.23. The number of ether oxygens (including phenoxy) is 1. The molecule has 3 heterocycles. The summed E-state index contributed by atoms with van der Waals surface area (Å²) in [6, 6.07) is 1.90. The van der Waals surface area contributed by atoms with Gasteiger partial charge in [0.05, 0.1) is 13.2 Å². The lowest BCUT2D eigenvalue weighted by molar-refractivity contribution is -0.140. The number of rotatable bonds is 3. The van der Waals surface area contributed by atoms with Crippen LogP contribution in [0.3, 0.4) is 0 Å². The Morgan fingerprint density at radius 1 is 1.22 bits per heavy atom. The van der Waals surface area contributed by atoms with Crippen LogP contribution in [0.1, 0.15) is 12.8 Å². The molecular formula is C16H25N5O2. The van der Waals surface area contributed by atoms with Crippen molar-refractivity contribution in [3.8, 4) is 0 Å². The normalized spacial score (nSPS) is 19.7. The number of amides is 1. The zero-order chi connectivity index (χ0) is 16.2. The van der Waals surface area contributed by atoms with Crippen molar-refractivity contribution in [2.45, 2.75) is 12.8 Å². The Labute approximate surface area is 137 Å². The molecule has 2 aliphatic rings. The molecule has 0 aliphatic carbocycles. The van der Waals surface area contributed by atoms with Gasteiger partial charge in [0.15, 0.2) is 0 Å². The Balaban J connectivity index is 1.57. The molecule has 1 aromatic heterocycles. The van der Waals surface area contributed by atoms with Gasteiger partial charge in [-0.2, -0.15) is 4.98 Å². The van der Waals surface area contributed by atoms with Crippen molar-refractivity contribution in [2.24, 2.45) is 5.92 Å². The topological polar surface area (TPSA) is 61.8 Å². The number of carbonyl (C=O) groups is 1. The molecule has 0 unspecified atom stereocenters. The first-order valence-electron chi connectivity index (χ1n) is 8.27. The van der Waals surface area contributed by atoms with Crippen molar-refractivity contribution in [2.75, 3.05) is 63.3 Å². The van der Waals surface area contributed by atoms with Crippen molar-refractivity contribution < 1.29 is 9.53 Å². The predicted molar refractivity (Wildman–Crippen MR) is 88.7 cm³/mol. The van der Waals surface area contributed by atoms with Crippen LogP contribution in [0.2, 0.25) is 0 Å². The van der Waals surface area contributed by atoms with E-state index >= 15 is 0 Å². The fourth-order valence-electron chi connectivity index (χ4n) is 3.11. The molecule has 0 N–H and O–H groups in total. The third kappa shape index (κ3) is 3.72. The Kier molecular flexibility index (Phi) is 4.95. The fraction of sp³-hybridized carbons (Fsp3) is 0.688. The molecule has 1 aromatic rings. The summed E-state index contributed by atoms with van der Waals surface area (Å²) in [6.45, 7) is 4.45. The molecule has 0 spiro atoms. The van der Waals surface area contributed by atoms with Gasteiger partial charge < -0.3 is 19.4 Å². The maximum Gasteiger partial charge on any atom is 0.227 e. The number of anilines is 2. The van der Waals surface area contributed by atoms with Crippen LogP contribution in [0.5, 0.6) is 0 Å². The molecule has 2 fully saturated rings. The van der Waals surface area contributed by atoms with Gasteiger partial charge in [0.25, 0.3) is 0 Å². The highest BCUT2D eigenvalue weighted by atomic mass is 16.5. The van der Waals surface area contributed by atoms with E-state index in [0.29, 0.717) is 13.2 Å². The molecule has 0 aromatic carbocycles. The summed E-state index contributed by atoms with van der Waals surface area (Å²) in [5.41, 5.74) is 0. The predicted octanol–water partition coefficient (Wildman–Crippen LogP) is 0.618. The smallest absolute Gasteiger partial charge is 0.227 e. The molecule has 1 amide bonds. The highest BCUT2D eigenvalue weighted by Gasteiger charge is 2.30. The zero-order valence-corrected chi connectivity index (χ0v) is 13.9. The number of piperidine rings is 1. The van der Waals surface area contributed by atoms with E-state index in [-0.39, 0.29) is 11.8 Å². The number of hydrogen-bond acceptors (Lipinski definition) is 6. The fourth-order valence-corrected chi connectivity index (χ4v) is 3.11. The van der Waals surface area contributed by atoms with Crippen LogP contribution in [0, 0.1) is 5.92 Å². The Morgan fingerprint density at radius 3 is 2.57 bits per heavy atom. The van der Waals surface area contributed by atoms with Gasteiger partial charge in [-0.1, -0.05) is 0 Å². The molecular weight excluding hydrogens is 294 g/mol. The Morgan fingerprint density at radius 2 is 1.91 bits per heavy atom. The highest BCUT2D eigenvalue weighted by molar-refractivity contribution is 5.79. The summed E-state index contributed by atoms with van der Waals surface area (Å²) in [5, 5.41) is 0. The lowest BCUT2D eigenvalue weighted by atomic mass is 9.95. The third-order valence-electron chi connectivity index (χ3n) is 4.54. The molecule has 126 valence electrons. The molecule has 0 saturated carbocycles. The molecule has 0 atom stereocenters. The monoisotopic (exact) mass is 319 g/mol. The second-order valence-electron chi connectivity index (χ2n) is 6.31. The van der Waals surface area contributed by atoms with Gasteiger partial charge in [-0.15, -0.1) is 0 Å². The first kappa shape index (κ1) is 16.0. The van der Waals surface area contributed by atoms with E-state index in [1.54, 1.807) is 6.20 Å². The number of morpholine rings is 1. The number of carbonyl (C=O) groups excluding carboxylic acids is 1. The van der Waals surface area contributed by atoms with E-state index in [2.05, 4.69) is 14.9 Å². The maximum atomic E-state index is 12.6. The van der Waals surface area contributed by atoms with Crippen LogP contribution in [-0.2, 0) is 9.53 Å². The minimum Gasteiger partial charge on any atom is -0.378 e. The van der Waals surface area contributed by atoms with Crippen molar-refractivity contribution in [3.05, 3.63) is 12.3 Å². The first-order valence-corrected chi connectivity index (χ1v) is 8.27. The number of nitrogens with zero attached hydrogens (tertiary/aromatic N) is 5. The molecule has 23 heavy (non-hydrogen) atoms. The molecule has 2 aliphatic heterocycles. The third-order valence-corrected chi connectivity index (χ3v) is 4.54. The van der Waals surface area contributed by atoms with Gasteiger partial charge in [0, 0.05) is 52.4 Å². The SMILES string of the molecule is CN(C)c1ccnc(N2CCC(C(=O)N3CCOCC3)CC2)n1. The molecule has 3 rings (SSSR count). The van der Waals surface area contributed by atoms with E-state index in [9.17, 15) is 4.79 Å². The van der Waals surface area contributed by atoms with Crippen LogP contribution in [-0.4, -0.2) is 74.3 Å². The van der Waals surface area contributed by atoms with E-state index in [1.807, 2.05) is 30.0 Å². The van der Waals surface area contributed by atoms with Crippen LogP contribution < -0.4 is 9.80 Å². The van der Waals surface area contributed by atoms with Gasteiger partial charge >= 0.3 is 0 Å². The molecule has 2 saturated heterocycles. The number of hydrogen-bond donors (Lipinski definition) is 0. The largest absolute Gasteiger partial charge is 0.378 e. The quantitative estimate of drug-likeness (QED) is 0.814. The maximum absolute atomic E-state index is 12.6. The molecule has 7 nitrogen and oxygen atoms in total. The van der Waals surface area contributed by atoms with E-state index in [0.717, 1.165) is 50.8 Å². The van der Waals surface area contributed by atoms with Crippen LogP contribution in [0.15, 0.2) is 12.3 Å². The molecule has 7 heteroatoms. The minimum absolute atomic E-state index is 0.126. The van der Waals surface area contributed by atoms with Crippen molar-refractivity contribution >= 4 is 17.7 Å². The van der Waals surface area contributed by atoms with Gasteiger partial charge in [-0.25, -0.2) is 4.98 Å². The Bertz CT molecular complexity index is 537. The summed E-state index contributed by atoms with van der Waals surface area (Å²) < 4.78 is 5.32. The van der Waals surface area contributed by atoms with Crippen molar-refractivity contribution in [3.63, 3.8) is 0 Å². The summed E-state index contributed by atoms with van der Waals surface area (Å²) in [7, 11) is 3.94. The van der Waals surface area contributed by atoms with Gasteiger partial charge in [0.2, 0.25) is 11.9 Å². The van der Waals surface area contributed by atoms with E-state index in [4.69, 9.17) is 4.74 Å². The average molecular weight is 319 g/mol.